The molecule has 0 saturated carbocycles. The first kappa shape index (κ1) is 17.7. The van der Waals surface area contributed by atoms with E-state index in [4.69, 9.17) is 0 Å². The zero-order valence-electron chi connectivity index (χ0n) is 14.8. The molecule has 7 nitrogen and oxygen atoms in total. The summed E-state index contributed by atoms with van der Waals surface area (Å²) < 4.78 is 2.32. The van der Waals surface area contributed by atoms with Gasteiger partial charge in [0, 0.05) is 24.0 Å². The molecule has 2 heterocycles. The van der Waals surface area contributed by atoms with Gasteiger partial charge in [-0.1, -0.05) is 18.2 Å². The van der Waals surface area contributed by atoms with Gasteiger partial charge in [0.05, 0.1) is 0 Å². The molecule has 0 unspecified atom stereocenters. The minimum absolute atomic E-state index is 0.0364. The van der Waals surface area contributed by atoms with Crippen LogP contribution in [0.5, 0.6) is 0 Å². The normalized spacial score (nSPS) is 12.7. The molecular weight excluding hydrogens is 332 g/mol. The van der Waals surface area contributed by atoms with Crippen molar-refractivity contribution in [2.24, 2.45) is 0 Å². The Labute approximate surface area is 150 Å². The standard InChI is InChI=1S/C19H20N4O3/c1-13(2)23(14-7-4-3-5-8-14)17(24)12-22-18(25)15(11-20)16-9-6-10-21(16)19(22)26/h3-5,7-8,13H,6,9-10,12H2,1-2H3. The fraction of sp³-hybridized carbons (Fsp3) is 0.368. The number of aromatic nitrogens is 2. The van der Waals surface area contributed by atoms with E-state index in [0.717, 1.165) is 4.57 Å². The van der Waals surface area contributed by atoms with Crippen molar-refractivity contribution < 1.29 is 4.79 Å². The second kappa shape index (κ2) is 7.00. The molecule has 3 rings (SSSR count). The van der Waals surface area contributed by atoms with E-state index in [1.165, 1.54) is 4.57 Å². The lowest BCUT2D eigenvalue weighted by Crippen LogP contribution is -2.47. The Morgan fingerprint density at radius 1 is 1.27 bits per heavy atom. The minimum atomic E-state index is -0.684. The van der Waals surface area contributed by atoms with Crippen molar-refractivity contribution in [2.75, 3.05) is 4.90 Å². The van der Waals surface area contributed by atoms with Crippen LogP contribution < -0.4 is 16.1 Å². The highest BCUT2D eigenvalue weighted by Gasteiger charge is 2.26. The Morgan fingerprint density at radius 2 is 1.96 bits per heavy atom. The van der Waals surface area contributed by atoms with E-state index < -0.39 is 11.2 Å². The maximum atomic E-state index is 12.9. The summed E-state index contributed by atoms with van der Waals surface area (Å²) in [5.74, 6) is -0.368. The van der Waals surface area contributed by atoms with Crippen molar-refractivity contribution in [2.45, 2.75) is 45.8 Å². The van der Waals surface area contributed by atoms with Crippen LogP contribution in [0.25, 0.3) is 0 Å². The number of rotatable bonds is 4. The lowest BCUT2D eigenvalue weighted by molar-refractivity contribution is -0.119. The van der Waals surface area contributed by atoms with E-state index in [1.807, 2.05) is 38.1 Å². The Kier molecular flexibility index (Phi) is 4.76. The van der Waals surface area contributed by atoms with Gasteiger partial charge in [-0.25, -0.2) is 9.36 Å². The quantitative estimate of drug-likeness (QED) is 0.829. The second-order valence-electron chi connectivity index (χ2n) is 6.56. The first-order valence-corrected chi connectivity index (χ1v) is 8.59. The van der Waals surface area contributed by atoms with Gasteiger partial charge in [0.2, 0.25) is 5.91 Å². The van der Waals surface area contributed by atoms with Crippen molar-refractivity contribution in [3.63, 3.8) is 0 Å². The first-order chi connectivity index (χ1) is 12.5. The van der Waals surface area contributed by atoms with Crippen molar-refractivity contribution in [1.29, 1.82) is 5.26 Å². The highest BCUT2D eigenvalue weighted by atomic mass is 16.2. The molecule has 26 heavy (non-hydrogen) atoms. The minimum Gasteiger partial charge on any atom is -0.308 e. The zero-order chi connectivity index (χ0) is 18.8. The average molecular weight is 352 g/mol. The SMILES string of the molecule is CC(C)N(C(=O)Cn1c(=O)c(C#N)c2n(c1=O)CCC2)c1ccccc1. The fourth-order valence-electron chi connectivity index (χ4n) is 3.42. The van der Waals surface area contributed by atoms with Crippen molar-refractivity contribution in [3.8, 4) is 6.07 Å². The van der Waals surface area contributed by atoms with Crippen LogP contribution in [0, 0.1) is 11.3 Å². The number of nitrogens with zero attached hydrogens (tertiary/aromatic N) is 4. The third kappa shape index (κ3) is 2.94. The highest BCUT2D eigenvalue weighted by Crippen LogP contribution is 2.17. The Balaban J connectivity index is 2.04. The predicted octanol–water partition coefficient (Wildman–Crippen LogP) is 1.27. The summed E-state index contributed by atoms with van der Waals surface area (Å²) in [6, 6.07) is 10.9. The number of hydrogen-bond donors (Lipinski definition) is 0. The first-order valence-electron chi connectivity index (χ1n) is 8.59. The highest BCUT2D eigenvalue weighted by molar-refractivity contribution is 5.93. The third-order valence-corrected chi connectivity index (χ3v) is 4.56. The Hall–Kier alpha value is -3.14. The predicted molar refractivity (Wildman–Crippen MR) is 97.1 cm³/mol. The number of hydrogen-bond acceptors (Lipinski definition) is 4. The van der Waals surface area contributed by atoms with Crippen molar-refractivity contribution >= 4 is 11.6 Å². The summed E-state index contributed by atoms with van der Waals surface area (Å²) in [5.41, 5.74) is -0.0645. The van der Waals surface area contributed by atoms with Gasteiger partial charge in [-0.3, -0.25) is 14.2 Å². The van der Waals surface area contributed by atoms with E-state index in [2.05, 4.69) is 0 Å². The lowest BCUT2D eigenvalue weighted by Gasteiger charge is -2.27. The van der Waals surface area contributed by atoms with Crippen LogP contribution in [0.15, 0.2) is 39.9 Å². The zero-order valence-corrected chi connectivity index (χ0v) is 14.8. The fourth-order valence-corrected chi connectivity index (χ4v) is 3.42. The molecule has 1 aliphatic rings. The number of carbonyl (C=O) groups is 1. The molecule has 0 atom stereocenters. The lowest BCUT2D eigenvalue weighted by atomic mass is 10.2. The van der Waals surface area contributed by atoms with Gasteiger partial charge >= 0.3 is 5.69 Å². The number of carbonyl (C=O) groups excluding carboxylic acids is 1. The molecule has 0 N–H and O–H groups in total. The van der Waals surface area contributed by atoms with E-state index in [-0.39, 0.29) is 24.1 Å². The molecule has 2 aromatic rings. The molecule has 0 spiro atoms. The number of anilines is 1. The third-order valence-electron chi connectivity index (χ3n) is 4.56. The molecule has 0 radical (unpaired) electrons. The van der Waals surface area contributed by atoms with Crippen LogP contribution in [0.2, 0.25) is 0 Å². The van der Waals surface area contributed by atoms with Crippen LogP contribution in [0.4, 0.5) is 5.69 Å². The van der Waals surface area contributed by atoms with E-state index in [9.17, 15) is 19.6 Å². The number of amides is 1. The van der Waals surface area contributed by atoms with E-state index in [1.54, 1.807) is 17.0 Å². The van der Waals surface area contributed by atoms with Gasteiger partial charge in [0.25, 0.3) is 5.56 Å². The van der Waals surface area contributed by atoms with Gasteiger partial charge in [0.1, 0.15) is 18.2 Å². The van der Waals surface area contributed by atoms with Gasteiger partial charge < -0.3 is 4.90 Å². The summed E-state index contributed by atoms with van der Waals surface area (Å²) in [6.07, 6.45) is 1.24. The second-order valence-corrected chi connectivity index (χ2v) is 6.56. The smallest absolute Gasteiger partial charge is 0.308 e. The summed E-state index contributed by atoms with van der Waals surface area (Å²) in [6.45, 7) is 3.80. The molecule has 134 valence electrons. The van der Waals surface area contributed by atoms with Crippen molar-refractivity contribution in [1.82, 2.24) is 9.13 Å². The molecule has 1 aromatic carbocycles. The van der Waals surface area contributed by atoms with Crippen molar-refractivity contribution in [3.05, 3.63) is 62.4 Å². The summed E-state index contributed by atoms with van der Waals surface area (Å²) in [4.78, 5) is 39.7. The average Bonchev–Trinajstić information content (AvgIpc) is 3.09. The molecule has 1 amide bonds. The van der Waals surface area contributed by atoms with Gasteiger partial charge in [0.15, 0.2) is 0 Å². The number of para-hydroxylation sites is 1. The number of benzene rings is 1. The molecule has 1 aliphatic heterocycles. The van der Waals surface area contributed by atoms with E-state index in [0.29, 0.717) is 30.8 Å². The van der Waals surface area contributed by atoms with Crippen LogP contribution in [0.3, 0.4) is 0 Å². The molecule has 7 heteroatoms. The summed E-state index contributed by atoms with van der Waals surface area (Å²) in [5, 5.41) is 9.33. The van der Waals surface area contributed by atoms with Crippen LogP contribution in [-0.4, -0.2) is 21.1 Å². The molecule has 0 fully saturated rings. The Bertz CT molecular complexity index is 996. The largest absolute Gasteiger partial charge is 0.331 e. The number of nitriles is 1. The summed E-state index contributed by atoms with van der Waals surface area (Å²) >= 11 is 0. The van der Waals surface area contributed by atoms with E-state index >= 15 is 0 Å². The maximum Gasteiger partial charge on any atom is 0.331 e. The van der Waals surface area contributed by atoms with Crippen LogP contribution in [0.1, 0.15) is 31.5 Å². The van der Waals surface area contributed by atoms with Gasteiger partial charge in [-0.15, -0.1) is 0 Å². The number of fused-ring (bicyclic) bond motifs is 1. The molecule has 0 bridgehead atoms. The topological polar surface area (TPSA) is 88.1 Å². The monoisotopic (exact) mass is 352 g/mol. The molecule has 0 aliphatic carbocycles. The van der Waals surface area contributed by atoms with Gasteiger partial charge in [-0.2, -0.15) is 5.26 Å². The van der Waals surface area contributed by atoms with Gasteiger partial charge in [-0.05, 0) is 38.8 Å². The Morgan fingerprint density at radius 3 is 2.58 bits per heavy atom. The molecule has 0 saturated heterocycles. The van der Waals surface area contributed by atoms with Crippen LogP contribution >= 0.6 is 0 Å². The maximum absolute atomic E-state index is 12.9. The molecular formula is C19H20N4O3. The van der Waals surface area contributed by atoms with Crippen LogP contribution in [-0.2, 0) is 24.3 Å². The molecule has 1 aromatic heterocycles. The summed E-state index contributed by atoms with van der Waals surface area (Å²) in [7, 11) is 0.